The van der Waals surface area contributed by atoms with Gasteiger partial charge in [0.15, 0.2) is 0 Å². The van der Waals surface area contributed by atoms with Crippen LogP contribution in [0.1, 0.15) is 12.8 Å². The van der Waals surface area contributed by atoms with Gasteiger partial charge in [0.2, 0.25) is 0 Å². The van der Waals surface area contributed by atoms with Crippen molar-refractivity contribution in [3.63, 3.8) is 0 Å². The minimum absolute atomic E-state index is 0.674. The fourth-order valence-electron chi connectivity index (χ4n) is 2.97. The molecule has 3 nitrogen and oxygen atoms in total. The Kier molecular flexibility index (Phi) is 2.86. The third kappa shape index (κ3) is 1.74. The predicted octanol–water partition coefficient (Wildman–Crippen LogP) is 2.03. The summed E-state index contributed by atoms with van der Waals surface area (Å²) in [7, 11) is 0. The van der Waals surface area contributed by atoms with Crippen molar-refractivity contribution in [2.45, 2.75) is 18.9 Å². The van der Waals surface area contributed by atoms with E-state index in [0.717, 1.165) is 16.9 Å². The molecular formula is C12H16BrN3. The van der Waals surface area contributed by atoms with Gasteiger partial charge in [-0.2, -0.15) is 0 Å². The first-order chi connectivity index (χ1) is 7.86. The second-order valence-corrected chi connectivity index (χ2v) is 5.50. The highest BCUT2D eigenvalue weighted by atomic mass is 79.9. The Morgan fingerprint density at radius 1 is 1.44 bits per heavy atom. The second-order valence-electron chi connectivity index (χ2n) is 4.65. The average Bonchev–Trinajstić information content (AvgIpc) is 2.77. The van der Waals surface area contributed by atoms with Gasteiger partial charge >= 0.3 is 0 Å². The molecule has 0 radical (unpaired) electrons. The highest BCUT2D eigenvalue weighted by molar-refractivity contribution is 9.10. The molecule has 4 heteroatoms. The van der Waals surface area contributed by atoms with E-state index in [1.54, 1.807) is 0 Å². The van der Waals surface area contributed by atoms with Crippen LogP contribution in [0.15, 0.2) is 22.9 Å². The van der Waals surface area contributed by atoms with E-state index in [1.807, 2.05) is 12.4 Å². The van der Waals surface area contributed by atoms with E-state index in [4.69, 9.17) is 0 Å². The molecule has 2 atom stereocenters. The van der Waals surface area contributed by atoms with Gasteiger partial charge in [-0.1, -0.05) is 0 Å². The van der Waals surface area contributed by atoms with Gasteiger partial charge in [-0.05, 0) is 40.8 Å². The van der Waals surface area contributed by atoms with Crippen molar-refractivity contribution in [3.05, 3.63) is 22.9 Å². The van der Waals surface area contributed by atoms with E-state index in [-0.39, 0.29) is 0 Å². The Bertz CT molecular complexity index is 382. The summed E-state index contributed by atoms with van der Waals surface area (Å²) in [5, 5.41) is 3.51. The fourth-order valence-corrected chi connectivity index (χ4v) is 3.45. The summed E-state index contributed by atoms with van der Waals surface area (Å²) < 4.78 is 1.11. The number of pyridine rings is 1. The van der Waals surface area contributed by atoms with Gasteiger partial charge in [0, 0.05) is 38.1 Å². The number of fused-ring (bicyclic) bond motifs is 1. The molecule has 2 fully saturated rings. The minimum Gasteiger partial charge on any atom is -0.366 e. The summed E-state index contributed by atoms with van der Waals surface area (Å²) in [6.45, 7) is 3.48. The molecule has 0 spiro atoms. The highest BCUT2D eigenvalue weighted by Gasteiger charge is 2.35. The molecule has 3 heterocycles. The van der Waals surface area contributed by atoms with E-state index < -0.39 is 0 Å². The Balaban J connectivity index is 1.91. The summed E-state index contributed by atoms with van der Waals surface area (Å²) in [6.07, 6.45) is 6.45. The number of anilines is 1. The van der Waals surface area contributed by atoms with Crippen LogP contribution in [0, 0.1) is 5.92 Å². The number of aromatic nitrogens is 1. The van der Waals surface area contributed by atoms with Gasteiger partial charge < -0.3 is 10.2 Å². The van der Waals surface area contributed by atoms with E-state index in [0.29, 0.717) is 6.04 Å². The van der Waals surface area contributed by atoms with Crippen molar-refractivity contribution >= 4 is 21.6 Å². The van der Waals surface area contributed by atoms with Crippen LogP contribution >= 0.6 is 15.9 Å². The van der Waals surface area contributed by atoms with Crippen molar-refractivity contribution in [1.29, 1.82) is 0 Å². The topological polar surface area (TPSA) is 28.2 Å². The van der Waals surface area contributed by atoms with Crippen LogP contribution in [-0.2, 0) is 0 Å². The summed E-state index contributed by atoms with van der Waals surface area (Å²) in [5.41, 5.74) is 1.30. The third-order valence-electron chi connectivity index (χ3n) is 3.74. The molecule has 0 amide bonds. The molecule has 86 valence electrons. The van der Waals surface area contributed by atoms with Crippen molar-refractivity contribution in [2.75, 3.05) is 24.5 Å². The molecule has 3 rings (SSSR count). The summed E-state index contributed by atoms with van der Waals surface area (Å²) >= 11 is 3.60. The zero-order valence-corrected chi connectivity index (χ0v) is 10.8. The van der Waals surface area contributed by atoms with Crippen LogP contribution in [0.4, 0.5) is 5.69 Å². The zero-order valence-electron chi connectivity index (χ0n) is 9.19. The van der Waals surface area contributed by atoms with Crippen molar-refractivity contribution < 1.29 is 0 Å². The lowest BCUT2D eigenvalue weighted by atomic mass is 9.92. The lowest BCUT2D eigenvalue weighted by Crippen LogP contribution is -2.45. The summed E-state index contributed by atoms with van der Waals surface area (Å²) in [6, 6.07) is 2.79. The van der Waals surface area contributed by atoms with Crippen LogP contribution < -0.4 is 10.2 Å². The maximum Gasteiger partial charge on any atom is 0.0592 e. The molecule has 1 aromatic rings. The van der Waals surface area contributed by atoms with Crippen LogP contribution in [0.2, 0.25) is 0 Å². The molecule has 1 aromatic heterocycles. The molecule has 2 aliphatic rings. The van der Waals surface area contributed by atoms with E-state index >= 15 is 0 Å². The van der Waals surface area contributed by atoms with Gasteiger partial charge in [0.05, 0.1) is 10.2 Å². The van der Waals surface area contributed by atoms with Crippen molar-refractivity contribution in [2.24, 2.45) is 5.92 Å². The van der Waals surface area contributed by atoms with Gasteiger partial charge in [-0.15, -0.1) is 0 Å². The van der Waals surface area contributed by atoms with Crippen LogP contribution in [0.5, 0.6) is 0 Å². The van der Waals surface area contributed by atoms with Crippen molar-refractivity contribution in [1.82, 2.24) is 10.3 Å². The number of hydrogen-bond acceptors (Lipinski definition) is 3. The van der Waals surface area contributed by atoms with Gasteiger partial charge in [-0.25, -0.2) is 0 Å². The Morgan fingerprint density at radius 2 is 2.38 bits per heavy atom. The maximum atomic E-state index is 4.14. The quantitative estimate of drug-likeness (QED) is 0.854. The standard InChI is InChI=1S/C12H16BrN3/c13-10-7-14-4-3-11(10)16-5-1-2-9-6-15-8-12(9)16/h3-4,7,9,12,15H,1-2,5-6,8H2. The Hall–Kier alpha value is -0.610. The van der Waals surface area contributed by atoms with Crippen molar-refractivity contribution in [3.8, 4) is 0 Å². The molecule has 2 aliphatic heterocycles. The smallest absolute Gasteiger partial charge is 0.0592 e. The number of nitrogens with one attached hydrogen (secondary N) is 1. The number of hydrogen-bond donors (Lipinski definition) is 1. The third-order valence-corrected chi connectivity index (χ3v) is 4.35. The minimum atomic E-state index is 0.674. The molecule has 1 N–H and O–H groups in total. The van der Waals surface area contributed by atoms with Crippen LogP contribution in [0.25, 0.3) is 0 Å². The molecular weight excluding hydrogens is 266 g/mol. The monoisotopic (exact) mass is 281 g/mol. The Labute approximate surface area is 104 Å². The average molecular weight is 282 g/mol. The van der Waals surface area contributed by atoms with Gasteiger partial charge in [0.25, 0.3) is 0 Å². The molecule has 0 saturated carbocycles. The van der Waals surface area contributed by atoms with E-state index in [1.165, 1.54) is 31.6 Å². The largest absolute Gasteiger partial charge is 0.366 e. The molecule has 0 aromatic carbocycles. The summed E-state index contributed by atoms with van der Waals surface area (Å²) in [5.74, 6) is 0.828. The lowest BCUT2D eigenvalue weighted by molar-refractivity contribution is 0.385. The first-order valence-corrected chi connectivity index (χ1v) is 6.72. The lowest BCUT2D eigenvalue weighted by Gasteiger charge is -2.39. The Morgan fingerprint density at radius 3 is 3.25 bits per heavy atom. The number of nitrogens with zero attached hydrogens (tertiary/aromatic N) is 2. The zero-order chi connectivity index (χ0) is 11.0. The molecule has 0 aliphatic carbocycles. The maximum absolute atomic E-state index is 4.14. The number of halogens is 1. The van der Waals surface area contributed by atoms with Gasteiger partial charge in [-0.3, -0.25) is 4.98 Å². The number of piperidine rings is 1. The second kappa shape index (κ2) is 4.34. The van der Waals surface area contributed by atoms with Gasteiger partial charge in [0.1, 0.15) is 0 Å². The van der Waals surface area contributed by atoms with E-state index in [2.05, 4.69) is 37.2 Å². The van der Waals surface area contributed by atoms with Crippen LogP contribution in [-0.4, -0.2) is 30.7 Å². The molecule has 16 heavy (non-hydrogen) atoms. The first-order valence-electron chi connectivity index (χ1n) is 5.93. The first kappa shape index (κ1) is 10.5. The number of rotatable bonds is 1. The summed E-state index contributed by atoms with van der Waals surface area (Å²) in [4.78, 5) is 6.68. The highest BCUT2D eigenvalue weighted by Crippen LogP contribution is 2.34. The molecule has 2 saturated heterocycles. The van der Waals surface area contributed by atoms with E-state index in [9.17, 15) is 0 Å². The normalized spacial score (nSPS) is 29.2. The fraction of sp³-hybridized carbons (Fsp3) is 0.583. The SMILES string of the molecule is Brc1cnccc1N1CCCC2CNCC21. The molecule has 0 bridgehead atoms. The molecule has 2 unspecified atom stereocenters. The van der Waals surface area contributed by atoms with Crippen LogP contribution in [0.3, 0.4) is 0 Å². The predicted molar refractivity (Wildman–Crippen MR) is 68.7 cm³/mol.